The average Bonchev–Trinajstić information content (AvgIpc) is 2.79. The topological polar surface area (TPSA) is 37.8 Å². The Morgan fingerprint density at radius 1 is 1.29 bits per heavy atom. The molecule has 1 aromatic heterocycles. The van der Waals surface area contributed by atoms with Crippen LogP contribution in [0, 0.1) is 5.41 Å². The minimum atomic E-state index is 0.375. The first-order chi connectivity index (χ1) is 8.26. The van der Waals surface area contributed by atoms with Crippen LogP contribution in [0.5, 0.6) is 0 Å². The number of aromatic nitrogens is 2. The van der Waals surface area contributed by atoms with Crippen LogP contribution in [0.3, 0.4) is 0 Å². The van der Waals surface area contributed by atoms with Crippen LogP contribution in [0.2, 0.25) is 0 Å². The Hall–Kier alpha value is -0.960. The molecule has 0 saturated heterocycles. The first kappa shape index (κ1) is 12.5. The fraction of sp³-hybridized carbons (Fsp3) is 0.714. The summed E-state index contributed by atoms with van der Waals surface area (Å²) in [6, 6.07) is 0.408. The zero-order chi connectivity index (χ0) is 12.1. The van der Waals surface area contributed by atoms with E-state index in [0.29, 0.717) is 11.5 Å². The maximum atomic E-state index is 4.17. The van der Waals surface area contributed by atoms with E-state index < -0.39 is 0 Å². The first-order valence-electron chi connectivity index (χ1n) is 6.74. The molecule has 0 radical (unpaired) electrons. The molecule has 1 atom stereocenters. The van der Waals surface area contributed by atoms with Crippen molar-refractivity contribution in [2.45, 2.75) is 52.0 Å². The molecule has 0 aliphatic heterocycles. The number of nitrogens with one attached hydrogen (secondary N) is 1. The highest BCUT2D eigenvalue weighted by Crippen LogP contribution is 2.46. The quantitative estimate of drug-likeness (QED) is 0.849. The summed E-state index contributed by atoms with van der Waals surface area (Å²) in [5.41, 5.74) is 1.62. The molecule has 1 aliphatic rings. The van der Waals surface area contributed by atoms with Crippen LogP contribution in [0.1, 0.15) is 57.6 Å². The van der Waals surface area contributed by atoms with E-state index in [4.69, 9.17) is 0 Å². The first-order valence-corrected chi connectivity index (χ1v) is 6.74. The predicted molar refractivity (Wildman–Crippen MR) is 69.6 cm³/mol. The molecule has 2 rings (SSSR count). The molecular weight excluding hydrogens is 210 g/mol. The highest BCUT2D eigenvalue weighted by atomic mass is 14.9. The second-order valence-electron chi connectivity index (χ2n) is 5.42. The van der Waals surface area contributed by atoms with E-state index in [1.54, 1.807) is 6.33 Å². The second kappa shape index (κ2) is 5.58. The van der Waals surface area contributed by atoms with Crippen LogP contribution in [0.25, 0.3) is 0 Å². The van der Waals surface area contributed by atoms with Gasteiger partial charge in [0.1, 0.15) is 6.33 Å². The van der Waals surface area contributed by atoms with Crippen molar-refractivity contribution in [3.63, 3.8) is 0 Å². The summed E-state index contributed by atoms with van der Waals surface area (Å²) in [4.78, 5) is 8.33. The summed E-state index contributed by atoms with van der Waals surface area (Å²) < 4.78 is 0. The molecule has 1 N–H and O–H groups in total. The minimum Gasteiger partial charge on any atom is -0.309 e. The lowest BCUT2D eigenvalue weighted by Crippen LogP contribution is -2.35. The SMILES string of the molecule is CCCNC(c1cncnc1)C1(C)CCCC1. The van der Waals surface area contributed by atoms with Crippen LogP contribution in [0.15, 0.2) is 18.7 Å². The number of hydrogen-bond donors (Lipinski definition) is 1. The molecule has 1 aliphatic carbocycles. The van der Waals surface area contributed by atoms with Crippen molar-refractivity contribution >= 4 is 0 Å². The molecule has 3 nitrogen and oxygen atoms in total. The number of nitrogens with zero attached hydrogens (tertiary/aromatic N) is 2. The standard InChI is InChI=1S/C14H23N3/c1-3-8-17-13(12-9-15-11-16-10-12)14(2)6-4-5-7-14/h9-11,13,17H,3-8H2,1-2H3. The summed E-state index contributed by atoms with van der Waals surface area (Å²) >= 11 is 0. The molecule has 1 heterocycles. The lowest BCUT2D eigenvalue weighted by Gasteiger charge is -2.35. The van der Waals surface area contributed by atoms with Crippen molar-refractivity contribution in [2.24, 2.45) is 5.41 Å². The Morgan fingerprint density at radius 2 is 1.94 bits per heavy atom. The second-order valence-corrected chi connectivity index (χ2v) is 5.42. The van der Waals surface area contributed by atoms with Crippen molar-refractivity contribution in [2.75, 3.05) is 6.54 Å². The summed E-state index contributed by atoms with van der Waals surface area (Å²) in [5.74, 6) is 0. The fourth-order valence-electron chi connectivity index (χ4n) is 2.99. The zero-order valence-corrected chi connectivity index (χ0v) is 10.9. The monoisotopic (exact) mass is 233 g/mol. The van der Waals surface area contributed by atoms with Gasteiger partial charge in [0.05, 0.1) is 0 Å². The Labute approximate surface area is 104 Å². The lowest BCUT2D eigenvalue weighted by atomic mass is 9.78. The normalized spacial score (nSPS) is 20.4. The van der Waals surface area contributed by atoms with E-state index >= 15 is 0 Å². The third-order valence-corrected chi connectivity index (χ3v) is 3.96. The highest BCUT2D eigenvalue weighted by molar-refractivity contribution is 5.14. The van der Waals surface area contributed by atoms with Crippen LogP contribution in [-0.4, -0.2) is 16.5 Å². The van der Waals surface area contributed by atoms with Gasteiger partial charge in [-0.1, -0.05) is 26.7 Å². The highest BCUT2D eigenvalue weighted by Gasteiger charge is 2.37. The summed E-state index contributed by atoms with van der Waals surface area (Å²) in [5, 5.41) is 3.69. The van der Waals surface area contributed by atoms with Crippen molar-refractivity contribution < 1.29 is 0 Å². The smallest absolute Gasteiger partial charge is 0.115 e. The van der Waals surface area contributed by atoms with Gasteiger partial charge in [0.15, 0.2) is 0 Å². The Balaban J connectivity index is 2.18. The average molecular weight is 233 g/mol. The van der Waals surface area contributed by atoms with Gasteiger partial charge in [0, 0.05) is 24.0 Å². The lowest BCUT2D eigenvalue weighted by molar-refractivity contribution is 0.223. The van der Waals surface area contributed by atoms with Crippen molar-refractivity contribution in [3.8, 4) is 0 Å². The van der Waals surface area contributed by atoms with E-state index in [1.807, 2.05) is 12.4 Å². The molecule has 0 spiro atoms. The molecule has 0 amide bonds. The molecule has 3 heteroatoms. The summed E-state index contributed by atoms with van der Waals surface area (Å²) in [6.45, 7) is 5.68. The van der Waals surface area contributed by atoms with Gasteiger partial charge < -0.3 is 5.32 Å². The van der Waals surface area contributed by atoms with Crippen molar-refractivity contribution in [1.82, 2.24) is 15.3 Å². The third-order valence-electron chi connectivity index (χ3n) is 3.96. The van der Waals surface area contributed by atoms with Crippen LogP contribution < -0.4 is 5.32 Å². The number of rotatable bonds is 5. The van der Waals surface area contributed by atoms with Gasteiger partial charge in [-0.3, -0.25) is 0 Å². The molecule has 1 unspecified atom stereocenters. The Bertz CT molecular complexity index is 331. The number of hydrogen-bond acceptors (Lipinski definition) is 3. The van der Waals surface area contributed by atoms with E-state index in [2.05, 4.69) is 29.1 Å². The molecule has 1 saturated carbocycles. The summed E-state index contributed by atoms with van der Waals surface area (Å²) in [6.07, 6.45) is 12.0. The van der Waals surface area contributed by atoms with E-state index in [0.717, 1.165) is 6.54 Å². The van der Waals surface area contributed by atoms with Gasteiger partial charge in [-0.2, -0.15) is 0 Å². The maximum Gasteiger partial charge on any atom is 0.115 e. The minimum absolute atomic E-state index is 0.375. The van der Waals surface area contributed by atoms with Crippen LogP contribution in [0.4, 0.5) is 0 Å². The maximum absolute atomic E-state index is 4.17. The molecule has 17 heavy (non-hydrogen) atoms. The summed E-state index contributed by atoms with van der Waals surface area (Å²) in [7, 11) is 0. The largest absolute Gasteiger partial charge is 0.309 e. The Kier molecular flexibility index (Phi) is 4.11. The zero-order valence-electron chi connectivity index (χ0n) is 10.9. The van der Waals surface area contributed by atoms with Gasteiger partial charge in [-0.25, -0.2) is 9.97 Å². The van der Waals surface area contributed by atoms with Gasteiger partial charge >= 0.3 is 0 Å². The van der Waals surface area contributed by atoms with Gasteiger partial charge in [-0.05, 0) is 31.2 Å². The van der Waals surface area contributed by atoms with E-state index in [-0.39, 0.29) is 0 Å². The van der Waals surface area contributed by atoms with Crippen molar-refractivity contribution in [3.05, 3.63) is 24.3 Å². The predicted octanol–water partition coefficient (Wildman–Crippen LogP) is 3.10. The Morgan fingerprint density at radius 3 is 2.53 bits per heavy atom. The molecule has 1 aromatic rings. The van der Waals surface area contributed by atoms with E-state index in [9.17, 15) is 0 Å². The molecule has 94 valence electrons. The van der Waals surface area contributed by atoms with Crippen molar-refractivity contribution in [1.29, 1.82) is 0 Å². The molecule has 0 aromatic carbocycles. The van der Waals surface area contributed by atoms with Gasteiger partial charge in [0.25, 0.3) is 0 Å². The fourth-order valence-corrected chi connectivity index (χ4v) is 2.99. The van der Waals surface area contributed by atoms with Gasteiger partial charge in [-0.15, -0.1) is 0 Å². The van der Waals surface area contributed by atoms with Crippen LogP contribution >= 0.6 is 0 Å². The molecule has 0 bridgehead atoms. The van der Waals surface area contributed by atoms with E-state index in [1.165, 1.54) is 37.7 Å². The van der Waals surface area contributed by atoms with Crippen LogP contribution in [-0.2, 0) is 0 Å². The third kappa shape index (κ3) is 2.83. The van der Waals surface area contributed by atoms with Gasteiger partial charge in [0.2, 0.25) is 0 Å². The molecule has 1 fully saturated rings. The molecular formula is C14H23N3.